The Morgan fingerprint density at radius 1 is 1.33 bits per heavy atom. The van der Waals surface area contributed by atoms with E-state index in [1.807, 2.05) is 0 Å². The Bertz CT molecular complexity index is 707. The topological polar surface area (TPSA) is 92.4 Å². The zero-order valence-electron chi connectivity index (χ0n) is 11.6. The van der Waals surface area contributed by atoms with Gasteiger partial charge in [0.2, 0.25) is 5.91 Å². The molecule has 21 heavy (non-hydrogen) atoms. The van der Waals surface area contributed by atoms with Gasteiger partial charge in [-0.3, -0.25) is 9.59 Å². The average molecular weight is 288 g/mol. The van der Waals surface area contributed by atoms with Crippen molar-refractivity contribution in [2.45, 2.75) is 26.2 Å². The molecule has 1 aromatic heterocycles. The monoisotopic (exact) mass is 288 g/mol. The molecule has 1 amide bonds. The number of carbonyl (C=O) groups excluding carboxylic acids is 1. The normalized spacial score (nSPS) is 21.6. The molecule has 3 rings (SSSR count). The summed E-state index contributed by atoms with van der Waals surface area (Å²) in [7, 11) is 0. The van der Waals surface area contributed by atoms with Gasteiger partial charge in [0.1, 0.15) is 5.52 Å². The molecule has 0 spiro atoms. The second-order valence-corrected chi connectivity index (χ2v) is 5.39. The maximum atomic E-state index is 12.3. The van der Waals surface area contributed by atoms with Gasteiger partial charge in [0.05, 0.1) is 11.8 Å². The molecule has 2 unspecified atom stereocenters. The predicted octanol–water partition coefficient (Wildman–Crippen LogP) is 2.58. The van der Waals surface area contributed by atoms with Crippen LogP contribution in [0.15, 0.2) is 22.6 Å². The molecule has 1 aromatic carbocycles. The molecule has 0 bridgehead atoms. The Morgan fingerprint density at radius 2 is 2.10 bits per heavy atom. The molecule has 0 aliphatic heterocycles. The van der Waals surface area contributed by atoms with Crippen molar-refractivity contribution in [3.63, 3.8) is 0 Å². The number of hydrogen-bond acceptors (Lipinski definition) is 4. The van der Waals surface area contributed by atoms with Gasteiger partial charge < -0.3 is 14.8 Å². The molecule has 2 aromatic rings. The molecule has 1 fully saturated rings. The second kappa shape index (κ2) is 5.20. The third-order valence-electron chi connectivity index (χ3n) is 3.93. The van der Waals surface area contributed by atoms with E-state index in [1.165, 1.54) is 0 Å². The van der Waals surface area contributed by atoms with Crippen LogP contribution in [0.25, 0.3) is 11.1 Å². The highest BCUT2D eigenvalue weighted by Crippen LogP contribution is 2.33. The van der Waals surface area contributed by atoms with Crippen LogP contribution in [0, 0.1) is 18.8 Å². The summed E-state index contributed by atoms with van der Waals surface area (Å²) in [6.45, 7) is 1.76. The molecule has 2 N–H and O–H groups in total. The number of oxazole rings is 1. The number of carbonyl (C=O) groups is 2. The zero-order chi connectivity index (χ0) is 15.0. The molecule has 110 valence electrons. The highest BCUT2D eigenvalue weighted by Gasteiger charge is 2.37. The number of hydrogen-bond donors (Lipinski definition) is 2. The Labute approximate surface area is 121 Å². The first-order valence-electron chi connectivity index (χ1n) is 6.95. The van der Waals surface area contributed by atoms with Gasteiger partial charge >= 0.3 is 5.97 Å². The van der Waals surface area contributed by atoms with Crippen LogP contribution < -0.4 is 5.32 Å². The SMILES string of the molecule is Cc1nc2cc(NC(=O)C3CCCC3C(=O)O)ccc2o1. The van der Waals surface area contributed by atoms with E-state index in [4.69, 9.17) is 9.52 Å². The molecular weight excluding hydrogens is 272 g/mol. The second-order valence-electron chi connectivity index (χ2n) is 5.39. The van der Waals surface area contributed by atoms with E-state index in [1.54, 1.807) is 25.1 Å². The summed E-state index contributed by atoms with van der Waals surface area (Å²) in [5, 5.41) is 11.9. The number of nitrogens with zero attached hydrogens (tertiary/aromatic N) is 1. The first-order valence-corrected chi connectivity index (χ1v) is 6.95. The fraction of sp³-hybridized carbons (Fsp3) is 0.400. The van der Waals surface area contributed by atoms with E-state index in [-0.39, 0.29) is 5.91 Å². The van der Waals surface area contributed by atoms with Crippen molar-refractivity contribution in [1.29, 1.82) is 0 Å². The van der Waals surface area contributed by atoms with Crippen molar-refractivity contribution in [2.75, 3.05) is 5.32 Å². The number of rotatable bonds is 3. The molecule has 6 heteroatoms. The zero-order valence-corrected chi connectivity index (χ0v) is 11.6. The molecule has 1 heterocycles. The van der Waals surface area contributed by atoms with Crippen molar-refractivity contribution in [3.05, 3.63) is 24.1 Å². The lowest BCUT2D eigenvalue weighted by Crippen LogP contribution is -2.29. The van der Waals surface area contributed by atoms with Gasteiger partial charge in [-0.15, -0.1) is 0 Å². The number of benzene rings is 1. The van der Waals surface area contributed by atoms with Crippen molar-refractivity contribution >= 4 is 28.7 Å². The molecule has 0 saturated heterocycles. The average Bonchev–Trinajstić information content (AvgIpc) is 3.03. The van der Waals surface area contributed by atoms with E-state index in [0.29, 0.717) is 35.5 Å². The third-order valence-corrected chi connectivity index (χ3v) is 3.93. The van der Waals surface area contributed by atoms with E-state index in [0.717, 1.165) is 6.42 Å². The van der Waals surface area contributed by atoms with Crippen LogP contribution in [0.4, 0.5) is 5.69 Å². The third kappa shape index (κ3) is 2.61. The standard InChI is InChI=1S/C15H16N2O4/c1-8-16-12-7-9(5-6-13(12)21-8)17-14(18)10-3-2-4-11(10)15(19)20/h5-7,10-11H,2-4H2,1H3,(H,17,18)(H,19,20). The lowest BCUT2D eigenvalue weighted by Gasteiger charge is -2.15. The molecule has 1 saturated carbocycles. The number of nitrogens with one attached hydrogen (secondary N) is 1. The first-order chi connectivity index (χ1) is 10.0. The highest BCUT2D eigenvalue weighted by atomic mass is 16.4. The Kier molecular flexibility index (Phi) is 3.37. The quantitative estimate of drug-likeness (QED) is 0.905. The van der Waals surface area contributed by atoms with Crippen LogP contribution in [0.3, 0.4) is 0 Å². The van der Waals surface area contributed by atoms with E-state index < -0.39 is 17.8 Å². The number of amides is 1. The summed E-state index contributed by atoms with van der Waals surface area (Å²) < 4.78 is 5.37. The number of carboxylic acid groups (broad SMARTS) is 1. The lowest BCUT2D eigenvalue weighted by molar-refractivity contribution is -0.145. The molecule has 1 aliphatic carbocycles. The van der Waals surface area contributed by atoms with Crippen LogP contribution in [0.5, 0.6) is 0 Å². The molecule has 0 radical (unpaired) electrons. The largest absolute Gasteiger partial charge is 0.481 e. The van der Waals surface area contributed by atoms with Crippen LogP contribution in [-0.4, -0.2) is 22.0 Å². The van der Waals surface area contributed by atoms with Crippen molar-refractivity contribution in [2.24, 2.45) is 11.8 Å². The van der Waals surface area contributed by atoms with Crippen LogP contribution in [-0.2, 0) is 9.59 Å². The predicted molar refractivity (Wildman–Crippen MR) is 75.8 cm³/mol. The maximum absolute atomic E-state index is 12.3. The number of aryl methyl sites for hydroxylation is 1. The summed E-state index contributed by atoms with van der Waals surface area (Å²) in [5.41, 5.74) is 1.94. The van der Waals surface area contributed by atoms with Gasteiger partial charge in [0, 0.05) is 12.6 Å². The molecule has 6 nitrogen and oxygen atoms in total. The lowest BCUT2D eigenvalue weighted by atomic mass is 9.95. The van der Waals surface area contributed by atoms with Crippen molar-refractivity contribution in [1.82, 2.24) is 4.98 Å². The number of anilines is 1. The minimum Gasteiger partial charge on any atom is -0.481 e. The van der Waals surface area contributed by atoms with Crippen LogP contribution in [0.2, 0.25) is 0 Å². The number of aromatic nitrogens is 1. The van der Waals surface area contributed by atoms with Gasteiger partial charge in [0.25, 0.3) is 0 Å². The number of fused-ring (bicyclic) bond motifs is 1. The van der Waals surface area contributed by atoms with Crippen LogP contribution >= 0.6 is 0 Å². The summed E-state index contributed by atoms with van der Waals surface area (Å²) in [6.07, 6.45) is 1.96. The number of aliphatic carboxylic acids is 1. The summed E-state index contributed by atoms with van der Waals surface area (Å²) >= 11 is 0. The molecule has 2 atom stereocenters. The first kappa shape index (κ1) is 13.6. The van der Waals surface area contributed by atoms with E-state index in [9.17, 15) is 9.59 Å². The highest BCUT2D eigenvalue weighted by molar-refractivity contribution is 5.96. The summed E-state index contributed by atoms with van der Waals surface area (Å²) in [4.78, 5) is 27.6. The summed E-state index contributed by atoms with van der Waals surface area (Å²) in [6, 6.07) is 5.21. The minimum atomic E-state index is -0.893. The molecular formula is C15H16N2O4. The summed E-state index contributed by atoms with van der Waals surface area (Å²) in [5.74, 6) is -1.61. The fourth-order valence-electron chi connectivity index (χ4n) is 2.92. The van der Waals surface area contributed by atoms with Crippen molar-refractivity contribution in [3.8, 4) is 0 Å². The van der Waals surface area contributed by atoms with Crippen molar-refractivity contribution < 1.29 is 19.1 Å². The Morgan fingerprint density at radius 3 is 2.86 bits per heavy atom. The van der Waals surface area contributed by atoms with E-state index >= 15 is 0 Å². The Hall–Kier alpha value is -2.37. The Balaban J connectivity index is 1.77. The number of carboxylic acids is 1. The van der Waals surface area contributed by atoms with Crippen LogP contribution in [0.1, 0.15) is 25.2 Å². The van der Waals surface area contributed by atoms with Gasteiger partial charge in [-0.25, -0.2) is 4.98 Å². The minimum absolute atomic E-state index is 0.237. The smallest absolute Gasteiger partial charge is 0.307 e. The fourth-order valence-corrected chi connectivity index (χ4v) is 2.92. The van der Waals surface area contributed by atoms with Gasteiger partial charge in [-0.1, -0.05) is 6.42 Å². The van der Waals surface area contributed by atoms with Gasteiger partial charge in [-0.2, -0.15) is 0 Å². The van der Waals surface area contributed by atoms with Gasteiger partial charge in [0.15, 0.2) is 11.5 Å². The maximum Gasteiger partial charge on any atom is 0.307 e. The van der Waals surface area contributed by atoms with E-state index in [2.05, 4.69) is 10.3 Å². The molecule has 1 aliphatic rings. The van der Waals surface area contributed by atoms with Gasteiger partial charge in [-0.05, 0) is 31.0 Å².